The van der Waals surface area contributed by atoms with E-state index >= 15 is 0 Å². The summed E-state index contributed by atoms with van der Waals surface area (Å²) in [6.07, 6.45) is 0.603. The van der Waals surface area contributed by atoms with Crippen molar-refractivity contribution in [2.75, 3.05) is 33.0 Å². The summed E-state index contributed by atoms with van der Waals surface area (Å²) in [4.78, 5) is 22.4. The van der Waals surface area contributed by atoms with E-state index in [4.69, 9.17) is 23.0 Å². The second-order valence-corrected chi connectivity index (χ2v) is 6.45. The van der Waals surface area contributed by atoms with E-state index in [9.17, 15) is 14.2 Å². The average Bonchev–Trinajstić information content (AvgIpc) is 2.53. The summed E-state index contributed by atoms with van der Waals surface area (Å²) in [5.41, 5.74) is 0.493. The smallest absolute Gasteiger partial charge is 0.460 e. The van der Waals surface area contributed by atoms with E-state index in [1.807, 2.05) is 6.92 Å². The Bertz CT molecular complexity index is 462. The van der Waals surface area contributed by atoms with Crippen molar-refractivity contribution < 1.29 is 37.2 Å². The normalized spacial score (nSPS) is 11.0. The molecule has 0 aromatic carbocycles. The summed E-state index contributed by atoms with van der Waals surface area (Å²) in [7, 11) is -3.83. The maximum atomic E-state index is 12.3. The van der Waals surface area contributed by atoms with Crippen LogP contribution in [-0.2, 0) is 37.2 Å². The summed E-state index contributed by atoms with van der Waals surface area (Å²) < 4.78 is 37.2. The minimum Gasteiger partial charge on any atom is -0.460 e. The minimum atomic E-state index is -3.83. The largest absolute Gasteiger partial charge is 0.475 e. The lowest BCUT2D eigenvalue weighted by atomic mass is 10.4. The third-order valence-corrected chi connectivity index (χ3v) is 3.78. The predicted octanol–water partition coefficient (Wildman–Crippen LogP) is 2.79. The molecule has 0 aliphatic carbocycles. The van der Waals surface area contributed by atoms with E-state index in [1.165, 1.54) is 13.8 Å². The molecule has 138 valence electrons. The minimum absolute atomic E-state index is 0.126. The molecule has 8 nitrogen and oxygen atoms in total. The first-order chi connectivity index (χ1) is 11.2. The zero-order chi connectivity index (χ0) is 18.6. The first-order valence-electron chi connectivity index (χ1n) is 7.40. The highest BCUT2D eigenvalue weighted by atomic mass is 31.2. The Kier molecular flexibility index (Phi) is 11.2. The van der Waals surface area contributed by atoms with Crippen molar-refractivity contribution >= 4 is 19.8 Å². The molecule has 0 aliphatic heterocycles. The molecule has 0 aliphatic rings. The van der Waals surface area contributed by atoms with Crippen molar-refractivity contribution in [1.29, 1.82) is 0 Å². The van der Waals surface area contributed by atoms with Crippen LogP contribution in [0.5, 0.6) is 0 Å². The number of carbonyl (C=O) groups excluding carboxylic acids is 2. The van der Waals surface area contributed by atoms with Crippen LogP contribution >= 0.6 is 7.82 Å². The van der Waals surface area contributed by atoms with Crippen molar-refractivity contribution in [3.63, 3.8) is 0 Å². The number of hydrogen-bond donors (Lipinski definition) is 0. The van der Waals surface area contributed by atoms with Crippen LogP contribution < -0.4 is 0 Å². The van der Waals surface area contributed by atoms with Crippen molar-refractivity contribution in [2.24, 2.45) is 0 Å². The van der Waals surface area contributed by atoms with Crippen LogP contribution in [0.15, 0.2) is 24.3 Å². The first kappa shape index (κ1) is 22.5. The number of ether oxygens (including phenoxy) is 2. The van der Waals surface area contributed by atoms with Gasteiger partial charge in [0.1, 0.15) is 13.2 Å². The molecule has 0 fully saturated rings. The molecule has 0 rings (SSSR count). The fourth-order valence-electron chi connectivity index (χ4n) is 1.13. The molecular formula is C15H25O8P. The molecule has 0 heterocycles. The van der Waals surface area contributed by atoms with Gasteiger partial charge in [-0.25, -0.2) is 14.2 Å². The monoisotopic (exact) mass is 364 g/mol. The lowest BCUT2D eigenvalue weighted by Gasteiger charge is -2.17. The standard InChI is InChI=1S/C15H25O8P/c1-6-7-21-24(18,22-10-8-19-14(16)12(2)3)23-11-9-20-15(17)13(4)5/h2,4,6-11H2,1,3,5H3. The summed E-state index contributed by atoms with van der Waals surface area (Å²) >= 11 is 0. The van der Waals surface area contributed by atoms with Crippen LogP contribution in [0, 0.1) is 0 Å². The van der Waals surface area contributed by atoms with Gasteiger partial charge in [0.05, 0.1) is 19.8 Å². The molecule has 0 amide bonds. The van der Waals surface area contributed by atoms with Gasteiger partial charge in [0.15, 0.2) is 0 Å². The lowest BCUT2D eigenvalue weighted by molar-refractivity contribution is -0.140. The fraction of sp³-hybridized carbons (Fsp3) is 0.600. The summed E-state index contributed by atoms with van der Waals surface area (Å²) in [5, 5.41) is 0. The van der Waals surface area contributed by atoms with Crippen molar-refractivity contribution in [3.05, 3.63) is 24.3 Å². The van der Waals surface area contributed by atoms with Crippen molar-refractivity contribution in [3.8, 4) is 0 Å². The van der Waals surface area contributed by atoms with E-state index in [1.54, 1.807) is 0 Å². The van der Waals surface area contributed by atoms with Crippen LogP contribution in [0.1, 0.15) is 27.2 Å². The zero-order valence-corrected chi connectivity index (χ0v) is 15.3. The molecule has 0 radical (unpaired) electrons. The highest BCUT2D eigenvalue weighted by Gasteiger charge is 2.26. The molecular weight excluding hydrogens is 339 g/mol. The van der Waals surface area contributed by atoms with Gasteiger partial charge in [-0.2, -0.15) is 0 Å². The molecule has 9 heteroatoms. The number of phosphoric acid groups is 1. The van der Waals surface area contributed by atoms with Crippen LogP contribution in [0.2, 0.25) is 0 Å². The van der Waals surface area contributed by atoms with Crippen molar-refractivity contribution in [1.82, 2.24) is 0 Å². The molecule has 0 unspecified atom stereocenters. The molecule has 0 saturated carbocycles. The molecule has 0 bridgehead atoms. The second kappa shape index (κ2) is 12.0. The summed E-state index contributed by atoms with van der Waals surface area (Å²) in [6.45, 7) is 11.3. The molecule has 0 aromatic heterocycles. The first-order valence-corrected chi connectivity index (χ1v) is 8.86. The van der Waals surface area contributed by atoms with Crippen LogP contribution in [0.25, 0.3) is 0 Å². The van der Waals surface area contributed by atoms with E-state index in [0.717, 1.165) is 0 Å². The number of carbonyl (C=O) groups is 2. The Hall–Kier alpha value is -1.47. The Labute approximate surface area is 142 Å². The second-order valence-electron chi connectivity index (χ2n) is 4.78. The lowest BCUT2D eigenvalue weighted by Crippen LogP contribution is -2.14. The Morgan fingerprint density at radius 1 is 0.792 bits per heavy atom. The van der Waals surface area contributed by atoms with E-state index in [-0.39, 0.29) is 44.2 Å². The number of rotatable bonds is 13. The van der Waals surface area contributed by atoms with E-state index < -0.39 is 19.8 Å². The topological polar surface area (TPSA) is 97.4 Å². The van der Waals surface area contributed by atoms with Gasteiger partial charge in [0, 0.05) is 11.1 Å². The maximum absolute atomic E-state index is 12.3. The number of phosphoric ester groups is 1. The Balaban J connectivity index is 4.27. The molecule has 0 atom stereocenters. The van der Waals surface area contributed by atoms with Gasteiger partial charge >= 0.3 is 19.8 Å². The molecule has 24 heavy (non-hydrogen) atoms. The van der Waals surface area contributed by atoms with E-state index in [2.05, 4.69) is 13.2 Å². The third kappa shape index (κ3) is 10.3. The number of hydrogen-bond acceptors (Lipinski definition) is 8. The fourth-order valence-corrected chi connectivity index (χ4v) is 2.35. The van der Waals surface area contributed by atoms with Crippen LogP contribution in [0.3, 0.4) is 0 Å². The van der Waals surface area contributed by atoms with Crippen LogP contribution in [-0.4, -0.2) is 45.0 Å². The molecule has 0 saturated heterocycles. The van der Waals surface area contributed by atoms with Gasteiger partial charge in [0.25, 0.3) is 0 Å². The summed E-state index contributed by atoms with van der Waals surface area (Å²) in [5.74, 6) is -1.15. The average molecular weight is 364 g/mol. The molecule has 0 spiro atoms. The third-order valence-electron chi connectivity index (χ3n) is 2.28. The van der Waals surface area contributed by atoms with Gasteiger partial charge in [0.2, 0.25) is 0 Å². The van der Waals surface area contributed by atoms with E-state index in [0.29, 0.717) is 6.42 Å². The van der Waals surface area contributed by atoms with Gasteiger partial charge in [-0.3, -0.25) is 13.6 Å². The van der Waals surface area contributed by atoms with Gasteiger partial charge in [-0.05, 0) is 20.3 Å². The highest BCUT2D eigenvalue weighted by molar-refractivity contribution is 7.48. The number of esters is 2. The Morgan fingerprint density at radius 2 is 1.17 bits per heavy atom. The molecule has 0 aromatic rings. The maximum Gasteiger partial charge on any atom is 0.475 e. The zero-order valence-electron chi connectivity index (χ0n) is 14.4. The predicted molar refractivity (Wildman–Crippen MR) is 87.3 cm³/mol. The van der Waals surface area contributed by atoms with Crippen molar-refractivity contribution in [2.45, 2.75) is 27.2 Å². The summed E-state index contributed by atoms with van der Waals surface area (Å²) in [6, 6.07) is 0. The SMILES string of the molecule is C=C(C)C(=O)OCCOP(=O)(OCCC)OCCOC(=O)C(=C)C. The quantitative estimate of drug-likeness (QED) is 0.213. The highest BCUT2D eigenvalue weighted by Crippen LogP contribution is 2.49. The van der Waals surface area contributed by atoms with Crippen LogP contribution in [0.4, 0.5) is 0 Å². The Morgan fingerprint density at radius 3 is 1.50 bits per heavy atom. The van der Waals surface area contributed by atoms with Gasteiger partial charge in [-0.1, -0.05) is 20.1 Å². The van der Waals surface area contributed by atoms with Gasteiger partial charge < -0.3 is 9.47 Å². The molecule has 0 N–H and O–H groups in total. The van der Waals surface area contributed by atoms with Gasteiger partial charge in [-0.15, -0.1) is 0 Å².